The van der Waals surface area contributed by atoms with Crippen molar-refractivity contribution in [3.8, 4) is 0 Å². The number of nitrogens with zero attached hydrogens (tertiary/aromatic N) is 3. The van der Waals surface area contributed by atoms with Gasteiger partial charge in [0.05, 0.1) is 10.2 Å². The molecule has 1 aromatic heterocycles. The summed E-state index contributed by atoms with van der Waals surface area (Å²) >= 11 is 3.56. The Balaban J connectivity index is 2.94. The van der Waals surface area contributed by atoms with Crippen LogP contribution in [0.3, 0.4) is 0 Å². The molecular weight excluding hydrogens is 280 g/mol. The van der Waals surface area contributed by atoms with Crippen LogP contribution in [0.1, 0.15) is 25.4 Å². The number of nitrogens with one attached hydrogen (secondary N) is 1. The quantitative estimate of drug-likeness (QED) is 0.875. The van der Waals surface area contributed by atoms with E-state index in [-0.39, 0.29) is 0 Å². The second-order valence-electron chi connectivity index (χ2n) is 4.19. The lowest BCUT2D eigenvalue weighted by Gasteiger charge is -2.13. The minimum atomic E-state index is 0.867. The molecule has 0 aliphatic rings. The van der Waals surface area contributed by atoms with Gasteiger partial charge in [0, 0.05) is 19.5 Å². The second kappa shape index (κ2) is 6.91. The summed E-state index contributed by atoms with van der Waals surface area (Å²) in [5, 5.41) is 3.27. The van der Waals surface area contributed by atoms with Crippen LogP contribution < -0.4 is 5.32 Å². The van der Waals surface area contributed by atoms with E-state index in [2.05, 4.69) is 64.1 Å². The Morgan fingerprint density at radius 1 is 1.24 bits per heavy atom. The van der Waals surface area contributed by atoms with Crippen molar-refractivity contribution in [2.24, 2.45) is 0 Å². The van der Waals surface area contributed by atoms with E-state index < -0.39 is 0 Å². The Hall–Kier alpha value is -0.680. The van der Waals surface area contributed by atoms with Crippen LogP contribution in [-0.4, -0.2) is 42.1 Å². The fourth-order valence-corrected chi connectivity index (χ4v) is 2.10. The summed E-state index contributed by atoms with van der Waals surface area (Å²) in [4.78, 5) is 11.3. The first-order valence-corrected chi connectivity index (χ1v) is 6.81. The largest absolute Gasteiger partial charge is 0.369 e. The Labute approximate surface area is 112 Å². The van der Waals surface area contributed by atoms with E-state index in [0.29, 0.717) is 0 Å². The third kappa shape index (κ3) is 4.24. The molecule has 1 rings (SSSR count). The van der Waals surface area contributed by atoms with Crippen LogP contribution in [0.15, 0.2) is 4.47 Å². The van der Waals surface area contributed by atoms with Gasteiger partial charge in [-0.25, -0.2) is 9.97 Å². The van der Waals surface area contributed by atoms with E-state index >= 15 is 0 Å². The summed E-state index contributed by atoms with van der Waals surface area (Å²) in [7, 11) is 4.12. The molecule has 0 amide bonds. The number of anilines is 1. The van der Waals surface area contributed by atoms with Crippen molar-refractivity contribution < 1.29 is 0 Å². The molecule has 1 aromatic rings. The predicted molar refractivity (Wildman–Crippen MR) is 75.5 cm³/mol. The van der Waals surface area contributed by atoms with Crippen LogP contribution in [0.5, 0.6) is 0 Å². The number of aromatic nitrogens is 2. The van der Waals surface area contributed by atoms with Crippen molar-refractivity contribution in [1.29, 1.82) is 0 Å². The number of rotatable bonds is 6. The third-order valence-corrected chi connectivity index (χ3v) is 3.26. The first-order valence-electron chi connectivity index (χ1n) is 6.02. The number of aryl methyl sites for hydroxylation is 1. The van der Waals surface area contributed by atoms with Gasteiger partial charge in [-0.1, -0.05) is 6.92 Å². The Morgan fingerprint density at radius 3 is 2.47 bits per heavy atom. The van der Waals surface area contributed by atoms with Crippen LogP contribution in [-0.2, 0) is 12.8 Å². The first-order chi connectivity index (χ1) is 8.08. The van der Waals surface area contributed by atoms with Gasteiger partial charge >= 0.3 is 0 Å². The van der Waals surface area contributed by atoms with Crippen LogP contribution >= 0.6 is 15.9 Å². The normalized spacial score (nSPS) is 10.9. The summed E-state index contributed by atoms with van der Waals surface area (Å²) in [6.07, 6.45) is 1.79. The van der Waals surface area contributed by atoms with Gasteiger partial charge in [0.15, 0.2) is 0 Å². The van der Waals surface area contributed by atoms with Crippen molar-refractivity contribution in [3.63, 3.8) is 0 Å². The van der Waals surface area contributed by atoms with E-state index in [1.54, 1.807) is 0 Å². The fraction of sp³-hybridized carbons (Fsp3) is 0.667. The van der Waals surface area contributed by atoms with Gasteiger partial charge in [0.25, 0.3) is 0 Å². The third-order valence-electron chi connectivity index (χ3n) is 2.43. The molecule has 0 saturated heterocycles. The second-order valence-corrected chi connectivity index (χ2v) is 4.98. The van der Waals surface area contributed by atoms with E-state index in [0.717, 1.165) is 47.7 Å². The predicted octanol–water partition coefficient (Wildman–Crippen LogP) is 2.34. The van der Waals surface area contributed by atoms with Gasteiger partial charge in [0.1, 0.15) is 11.6 Å². The van der Waals surface area contributed by atoms with Gasteiger partial charge in [-0.15, -0.1) is 0 Å². The molecule has 0 fully saturated rings. The molecule has 1 heterocycles. The number of halogens is 1. The highest BCUT2D eigenvalue weighted by atomic mass is 79.9. The maximum Gasteiger partial charge on any atom is 0.144 e. The molecule has 17 heavy (non-hydrogen) atoms. The summed E-state index contributed by atoms with van der Waals surface area (Å²) in [5.41, 5.74) is 1.07. The van der Waals surface area contributed by atoms with Crippen molar-refractivity contribution >= 4 is 21.7 Å². The molecular formula is C12H21BrN4. The maximum atomic E-state index is 4.58. The average Bonchev–Trinajstić information content (AvgIpc) is 2.30. The molecule has 0 spiro atoms. The lowest BCUT2D eigenvalue weighted by Crippen LogP contribution is -2.17. The SMILES string of the molecule is CCNc1nc(CCN(C)C)nc(CC)c1Br. The minimum Gasteiger partial charge on any atom is -0.369 e. The molecule has 96 valence electrons. The fourth-order valence-electron chi connectivity index (χ4n) is 1.50. The molecule has 4 nitrogen and oxygen atoms in total. The Morgan fingerprint density at radius 2 is 1.94 bits per heavy atom. The first kappa shape index (κ1) is 14.4. The summed E-state index contributed by atoms with van der Waals surface area (Å²) in [5.74, 6) is 1.82. The smallest absolute Gasteiger partial charge is 0.144 e. The zero-order valence-corrected chi connectivity index (χ0v) is 12.6. The highest BCUT2D eigenvalue weighted by molar-refractivity contribution is 9.10. The number of hydrogen-bond donors (Lipinski definition) is 1. The Kier molecular flexibility index (Phi) is 5.85. The van der Waals surface area contributed by atoms with E-state index in [1.165, 1.54) is 0 Å². The van der Waals surface area contributed by atoms with E-state index in [4.69, 9.17) is 0 Å². The monoisotopic (exact) mass is 300 g/mol. The lowest BCUT2D eigenvalue weighted by atomic mass is 10.3. The van der Waals surface area contributed by atoms with E-state index in [9.17, 15) is 0 Å². The number of likely N-dealkylation sites (N-methyl/N-ethyl adjacent to an activating group) is 1. The van der Waals surface area contributed by atoms with Gasteiger partial charge < -0.3 is 10.2 Å². The van der Waals surface area contributed by atoms with Crippen LogP contribution in [0.2, 0.25) is 0 Å². The summed E-state index contributed by atoms with van der Waals surface area (Å²) < 4.78 is 0.996. The molecule has 0 aliphatic heterocycles. The summed E-state index contributed by atoms with van der Waals surface area (Å²) in [6.45, 7) is 6.01. The lowest BCUT2D eigenvalue weighted by molar-refractivity contribution is 0.409. The zero-order valence-electron chi connectivity index (χ0n) is 11.0. The molecule has 0 aromatic carbocycles. The topological polar surface area (TPSA) is 41.1 Å². The van der Waals surface area contributed by atoms with Crippen LogP contribution in [0.4, 0.5) is 5.82 Å². The number of hydrogen-bond acceptors (Lipinski definition) is 4. The highest BCUT2D eigenvalue weighted by Crippen LogP contribution is 2.24. The molecule has 0 atom stereocenters. The van der Waals surface area contributed by atoms with Crippen molar-refractivity contribution in [1.82, 2.24) is 14.9 Å². The molecule has 0 radical (unpaired) electrons. The molecule has 0 bridgehead atoms. The maximum absolute atomic E-state index is 4.58. The molecule has 0 unspecified atom stereocenters. The average molecular weight is 301 g/mol. The van der Waals surface area contributed by atoms with Crippen molar-refractivity contribution in [2.45, 2.75) is 26.7 Å². The van der Waals surface area contributed by atoms with Gasteiger partial charge in [-0.05, 0) is 43.4 Å². The molecule has 5 heteroatoms. The van der Waals surface area contributed by atoms with Gasteiger partial charge in [0.2, 0.25) is 0 Å². The zero-order chi connectivity index (χ0) is 12.8. The van der Waals surface area contributed by atoms with Crippen LogP contribution in [0, 0.1) is 0 Å². The molecule has 0 saturated carbocycles. The summed E-state index contributed by atoms with van der Waals surface area (Å²) in [6, 6.07) is 0. The van der Waals surface area contributed by atoms with Gasteiger partial charge in [-0.2, -0.15) is 0 Å². The Bertz CT molecular complexity index is 366. The highest BCUT2D eigenvalue weighted by Gasteiger charge is 2.10. The standard InChI is InChI=1S/C12H21BrN4/c1-5-9-11(13)12(14-6-2)16-10(15-9)7-8-17(3)4/h5-8H2,1-4H3,(H,14,15,16). The molecule has 1 N–H and O–H groups in total. The van der Waals surface area contributed by atoms with Gasteiger partial charge in [-0.3, -0.25) is 0 Å². The van der Waals surface area contributed by atoms with Crippen molar-refractivity contribution in [3.05, 3.63) is 16.0 Å². The van der Waals surface area contributed by atoms with Crippen molar-refractivity contribution in [2.75, 3.05) is 32.5 Å². The van der Waals surface area contributed by atoms with E-state index in [1.807, 2.05) is 0 Å². The molecule has 0 aliphatic carbocycles. The minimum absolute atomic E-state index is 0.867. The van der Waals surface area contributed by atoms with Crippen LogP contribution in [0.25, 0.3) is 0 Å².